The summed E-state index contributed by atoms with van der Waals surface area (Å²) in [7, 11) is 1.90. The molecule has 1 aliphatic carbocycles. The van der Waals surface area contributed by atoms with Crippen LogP contribution in [0.2, 0.25) is 0 Å². The Hall–Kier alpha value is -2.54. The summed E-state index contributed by atoms with van der Waals surface area (Å²) in [5, 5.41) is 12.4. The zero-order valence-electron chi connectivity index (χ0n) is 11.5. The maximum Gasteiger partial charge on any atom is 0.230 e. The smallest absolute Gasteiger partial charge is 0.230 e. The SMILES string of the molecule is [C-]#[N+]c1ccc(-c2ccc3c(c2)C(C)C/C3=N\O)n1C. The first-order valence-electron chi connectivity index (χ1n) is 6.54. The van der Waals surface area contributed by atoms with Gasteiger partial charge in [0.1, 0.15) is 5.69 Å². The number of aromatic nitrogens is 1. The van der Waals surface area contributed by atoms with Gasteiger partial charge in [-0.15, -0.1) is 0 Å². The van der Waals surface area contributed by atoms with Gasteiger partial charge < -0.3 is 10.1 Å². The Bertz CT molecular complexity index is 750. The highest BCUT2D eigenvalue weighted by Crippen LogP contribution is 2.36. The predicted molar refractivity (Wildman–Crippen MR) is 78.5 cm³/mol. The normalized spacial score (nSPS) is 19.1. The monoisotopic (exact) mass is 265 g/mol. The van der Waals surface area contributed by atoms with Gasteiger partial charge in [0.15, 0.2) is 0 Å². The molecule has 4 heteroatoms. The maximum absolute atomic E-state index is 9.05. The molecule has 2 aromatic rings. The fourth-order valence-corrected chi connectivity index (χ4v) is 2.90. The largest absolute Gasteiger partial charge is 0.411 e. The third-order valence-corrected chi connectivity index (χ3v) is 4.02. The van der Waals surface area contributed by atoms with Crippen molar-refractivity contribution in [1.82, 2.24) is 4.57 Å². The van der Waals surface area contributed by atoms with Gasteiger partial charge in [-0.05, 0) is 29.7 Å². The molecule has 0 bridgehead atoms. The fourth-order valence-electron chi connectivity index (χ4n) is 2.90. The molecule has 20 heavy (non-hydrogen) atoms. The summed E-state index contributed by atoms with van der Waals surface area (Å²) in [6, 6.07) is 9.97. The standard InChI is InChI=1S/C16H15N3O/c1-10-8-14(18-20)12-5-4-11(9-13(10)12)15-6-7-16(17-2)19(15)3/h4-7,9-10,20H,8H2,1,3H3/b18-14+. The van der Waals surface area contributed by atoms with Crippen LogP contribution in [0.1, 0.15) is 30.4 Å². The summed E-state index contributed by atoms with van der Waals surface area (Å²) < 4.78 is 1.90. The molecule has 100 valence electrons. The Labute approximate surface area is 117 Å². The Morgan fingerprint density at radius 3 is 2.80 bits per heavy atom. The molecule has 0 aliphatic heterocycles. The molecule has 1 aromatic heterocycles. The molecule has 1 aliphatic rings. The molecule has 0 amide bonds. The van der Waals surface area contributed by atoms with Crippen LogP contribution in [0.5, 0.6) is 0 Å². The zero-order valence-corrected chi connectivity index (χ0v) is 11.5. The van der Waals surface area contributed by atoms with Crippen LogP contribution in [0.15, 0.2) is 35.5 Å². The van der Waals surface area contributed by atoms with Crippen molar-refractivity contribution in [3.05, 3.63) is 52.9 Å². The van der Waals surface area contributed by atoms with E-state index in [9.17, 15) is 0 Å². The van der Waals surface area contributed by atoms with E-state index in [1.54, 1.807) is 0 Å². The van der Waals surface area contributed by atoms with Crippen LogP contribution in [-0.4, -0.2) is 15.5 Å². The first-order chi connectivity index (χ1) is 9.65. The maximum atomic E-state index is 9.05. The predicted octanol–water partition coefficient (Wildman–Crippen LogP) is 3.93. The van der Waals surface area contributed by atoms with Crippen LogP contribution in [0.3, 0.4) is 0 Å². The third kappa shape index (κ3) is 1.71. The Balaban J connectivity index is 2.12. The van der Waals surface area contributed by atoms with E-state index in [0.717, 1.165) is 29.0 Å². The number of hydrogen-bond donors (Lipinski definition) is 1. The number of nitrogens with zero attached hydrogens (tertiary/aromatic N) is 3. The summed E-state index contributed by atoms with van der Waals surface area (Å²) in [5.41, 5.74) is 5.12. The van der Waals surface area contributed by atoms with E-state index < -0.39 is 0 Å². The minimum Gasteiger partial charge on any atom is -0.411 e. The average Bonchev–Trinajstić information content (AvgIpc) is 2.99. The summed E-state index contributed by atoms with van der Waals surface area (Å²) >= 11 is 0. The van der Waals surface area contributed by atoms with E-state index in [-0.39, 0.29) is 0 Å². The number of fused-ring (bicyclic) bond motifs is 1. The molecule has 1 atom stereocenters. The fraction of sp³-hybridized carbons (Fsp3) is 0.250. The van der Waals surface area contributed by atoms with E-state index in [4.69, 9.17) is 11.8 Å². The van der Waals surface area contributed by atoms with E-state index in [1.165, 1.54) is 5.56 Å². The minimum atomic E-state index is 0.358. The molecule has 0 saturated heterocycles. The highest BCUT2D eigenvalue weighted by atomic mass is 16.4. The van der Waals surface area contributed by atoms with E-state index >= 15 is 0 Å². The number of rotatable bonds is 1. The second kappa shape index (κ2) is 4.53. The first-order valence-corrected chi connectivity index (χ1v) is 6.54. The summed E-state index contributed by atoms with van der Waals surface area (Å²) in [6.07, 6.45) is 0.774. The molecule has 4 nitrogen and oxygen atoms in total. The molecule has 1 aromatic carbocycles. The van der Waals surface area contributed by atoms with Gasteiger partial charge in [0.25, 0.3) is 0 Å². The quantitative estimate of drug-likeness (QED) is 0.474. The third-order valence-electron chi connectivity index (χ3n) is 4.02. The molecule has 1 N–H and O–H groups in total. The van der Waals surface area contributed by atoms with Gasteiger partial charge in [0.05, 0.1) is 12.8 Å². The van der Waals surface area contributed by atoms with Crippen LogP contribution >= 0.6 is 0 Å². The Morgan fingerprint density at radius 2 is 2.15 bits per heavy atom. The zero-order chi connectivity index (χ0) is 14.3. The lowest BCUT2D eigenvalue weighted by Crippen LogP contribution is -1.95. The second-order valence-corrected chi connectivity index (χ2v) is 5.20. The van der Waals surface area contributed by atoms with Gasteiger partial charge in [0, 0.05) is 17.5 Å². The van der Waals surface area contributed by atoms with Gasteiger partial charge in [0.2, 0.25) is 5.82 Å². The van der Waals surface area contributed by atoms with Gasteiger partial charge in [-0.1, -0.05) is 30.8 Å². The summed E-state index contributed by atoms with van der Waals surface area (Å²) in [6.45, 7) is 9.26. The van der Waals surface area contributed by atoms with Gasteiger partial charge in [-0.25, -0.2) is 0 Å². The lowest BCUT2D eigenvalue weighted by Gasteiger charge is -2.07. The van der Waals surface area contributed by atoms with Crippen molar-refractivity contribution in [1.29, 1.82) is 0 Å². The van der Waals surface area contributed by atoms with E-state index in [1.807, 2.05) is 35.9 Å². The van der Waals surface area contributed by atoms with Crippen molar-refractivity contribution < 1.29 is 5.21 Å². The molecule has 1 heterocycles. The first kappa shape index (κ1) is 12.5. The van der Waals surface area contributed by atoms with Gasteiger partial charge in [-0.2, -0.15) is 0 Å². The average molecular weight is 265 g/mol. The Morgan fingerprint density at radius 1 is 1.35 bits per heavy atom. The van der Waals surface area contributed by atoms with E-state index in [2.05, 4.69) is 23.0 Å². The molecular formula is C16H15N3O. The molecule has 0 saturated carbocycles. The van der Waals surface area contributed by atoms with Crippen LogP contribution in [-0.2, 0) is 7.05 Å². The van der Waals surface area contributed by atoms with Crippen LogP contribution < -0.4 is 0 Å². The van der Waals surface area contributed by atoms with Crippen molar-refractivity contribution >= 4 is 11.5 Å². The van der Waals surface area contributed by atoms with Crippen molar-refractivity contribution in [3.63, 3.8) is 0 Å². The van der Waals surface area contributed by atoms with Crippen LogP contribution in [0.4, 0.5) is 5.82 Å². The summed E-state index contributed by atoms with van der Waals surface area (Å²) in [4.78, 5) is 3.49. The summed E-state index contributed by atoms with van der Waals surface area (Å²) in [5.74, 6) is 0.989. The highest BCUT2D eigenvalue weighted by molar-refractivity contribution is 6.05. The second-order valence-electron chi connectivity index (χ2n) is 5.20. The lowest BCUT2D eigenvalue weighted by atomic mass is 9.99. The molecular weight excluding hydrogens is 250 g/mol. The van der Waals surface area contributed by atoms with Crippen molar-refractivity contribution in [3.8, 4) is 11.3 Å². The van der Waals surface area contributed by atoms with Crippen molar-refractivity contribution in [2.24, 2.45) is 12.2 Å². The van der Waals surface area contributed by atoms with Crippen LogP contribution in [0.25, 0.3) is 16.1 Å². The highest BCUT2D eigenvalue weighted by Gasteiger charge is 2.25. The van der Waals surface area contributed by atoms with Gasteiger partial charge in [-0.3, -0.25) is 4.57 Å². The lowest BCUT2D eigenvalue weighted by molar-refractivity contribution is 0.318. The van der Waals surface area contributed by atoms with Gasteiger partial charge >= 0.3 is 0 Å². The Kier molecular flexibility index (Phi) is 2.83. The number of benzene rings is 1. The molecule has 0 radical (unpaired) electrons. The number of oxime groups is 1. The molecule has 0 spiro atoms. The van der Waals surface area contributed by atoms with Crippen LogP contribution in [0, 0.1) is 6.57 Å². The topological polar surface area (TPSA) is 41.9 Å². The van der Waals surface area contributed by atoms with Crippen molar-refractivity contribution in [2.45, 2.75) is 19.3 Å². The molecule has 3 rings (SSSR count). The number of hydrogen-bond acceptors (Lipinski definition) is 2. The molecule has 1 unspecified atom stereocenters. The molecule has 0 fully saturated rings. The minimum absolute atomic E-state index is 0.358. The van der Waals surface area contributed by atoms with Crippen molar-refractivity contribution in [2.75, 3.05) is 0 Å². The van der Waals surface area contributed by atoms with E-state index in [0.29, 0.717) is 11.7 Å².